The van der Waals surface area contributed by atoms with Crippen molar-refractivity contribution in [3.8, 4) is 0 Å². The van der Waals surface area contributed by atoms with Crippen molar-refractivity contribution >= 4 is 0 Å². The van der Waals surface area contributed by atoms with E-state index in [9.17, 15) is 0 Å². The third-order valence-corrected chi connectivity index (χ3v) is 1.39. The van der Waals surface area contributed by atoms with Crippen LogP contribution in [0.4, 0.5) is 0 Å². The lowest BCUT2D eigenvalue weighted by molar-refractivity contribution is 0.815. The normalized spacial score (nSPS) is 12.5. The molecule has 0 amide bonds. The first-order valence-corrected chi connectivity index (χ1v) is 4.36. The molecule has 0 fully saturated rings. The fraction of sp³-hybridized carbons (Fsp3) is 0.455. The molecule has 0 saturated carbocycles. The van der Waals surface area contributed by atoms with Crippen LogP contribution in [-0.2, 0) is 0 Å². The molecule has 0 aliphatic carbocycles. The average Bonchev–Trinajstić information content (AvgIpc) is 2.03. The van der Waals surface area contributed by atoms with Gasteiger partial charge in [0, 0.05) is 0 Å². The smallest absolute Gasteiger partial charge is 0.0348 e. The van der Waals surface area contributed by atoms with E-state index in [1.807, 2.05) is 25.2 Å². The second-order valence-electron chi connectivity index (χ2n) is 2.48. The number of hydrogen-bond acceptors (Lipinski definition) is 0. The summed E-state index contributed by atoms with van der Waals surface area (Å²) < 4.78 is 0. The molecule has 0 rings (SSSR count). The molecule has 0 N–H and O–H groups in total. The molecule has 0 aromatic carbocycles. The summed E-state index contributed by atoms with van der Waals surface area (Å²) in [5, 5.41) is 0. The van der Waals surface area contributed by atoms with Crippen molar-refractivity contribution in [3.05, 3.63) is 36.5 Å². The Kier molecular flexibility index (Phi) is 8.57. The molecule has 0 unspecified atom stereocenters. The largest absolute Gasteiger partial charge is 0.0877 e. The van der Waals surface area contributed by atoms with Gasteiger partial charge < -0.3 is 0 Å². The minimum atomic E-state index is 1.21. The zero-order valence-electron chi connectivity index (χ0n) is 7.59. The van der Waals surface area contributed by atoms with Crippen LogP contribution in [0.25, 0.3) is 0 Å². The van der Waals surface area contributed by atoms with E-state index in [-0.39, 0.29) is 0 Å². The summed E-state index contributed by atoms with van der Waals surface area (Å²) in [5.74, 6) is 0. The molecule has 0 aromatic heterocycles. The minimum absolute atomic E-state index is 1.21. The van der Waals surface area contributed by atoms with Crippen LogP contribution in [0.3, 0.4) is 0 Å². The molecule has 0 bridgehead atoms. The Morgan fingerprint density at radius 1 is 1.00 bits per heavy atom. The van der Waals surface area contributed by atoms with Gasteiger partial charge in [-0.2, -0.15) is 0 Å². The maximum absolute atomic E-state index is 2.21. The van der Waals surface area contributed by atoms with Gasteiger partial charge in [-0.3, -0.25) is 0 Å². The molecule has 0 heteroatoms. The van der Waals surface area contributed by atoms with Crippen LogP contribution in [0, 0.1) is 0 Å². The number of rotatable bonds is 5. The fourth-order valence-electron chi connectivity index (χ4n) is 0.736. The highest BCUT2D eigenvalue weighted by molar-refractivity contribution is 5.10. The number of hydrogen-bond donors (Lipinski definition) is 0. The maximum Gasteiger partial charge on any atom is -0.0348 e. The van der Waals surface area contributed by atoms with Gasteiger partial charge in [0.15, 0.2) is 0 Å². The Labute approximate surface area is 70.3 Å². The maximum atomic E-state index is 2.21. The van der Waals surface area contributed by atoms with E-state index < -0.39 is 0 Å². The van der Waals surface area contributed by atoms with Gasteiger partial charge in [-0.15, -0.1) is 0 Å². The fourth-order valence-corrected chi connectivity index (χ4v) is 0.736. The van der Waals surface area contributed by atoms with Crippen molar-refractivity contribution in [2.75, 3.05) is 0 Å². The lowest BCUT2D eigenvalue weighted by atomic mass is 10.2. The highest BCUT2D eigenvalue weighted by Gasteiger charge is 1.74. The molecule has 0 aromatic rings. The lowest BCUT2D eigenvalue weighted by Crippen LogP contribution is -1.64. The predicted molar refractivity (Wildman–Crippen MR) is 52.6 cm³/mol. The van der Waals surface area contributed by atoms with E-state index in [0.29, 0.717) is 0 Å². The molecule has 62 valence electrons. The van der Waals surface area contributed by atoms with Gasteiger partial charge in [0.25, 0.3) is 0 Å². The molecule has 11 heavy (non-hydrogen) atoms. The monoisotopic (exact) mass is 150 g/mol. The SMILES string of the molecule is C\C=C/C=C\C=C\CCCC. The van der Waals surface area contributed by atoms with Crippen molar-refractivity contribution in [3.63, 3.8) is 0 Å². The van der Waals surface area contributed by atoms with Gasteiger partial charge in [-0.25, -0.2) is 0 Å². The molecule has 0 heterocycles. The van der Waals surface area contributed by atoms with E-state index in [4.69, 9.17) is 0 Å². The highest BCUT2D eigenvalue weighted by atomic mass is 13.8. The van der Waals surface area contributed by atoms with Gasteiger partial charge in [-0.05, 0) is 13.3 Å². The number of unbranched alkanes of at least 4 members (excludes halogenated alkanes) is 2. The van der Waals surface area contributed by atoms with Crippen LogP contribution in [0.5, 0.6) is 0 Å². The quantitative estimate of drug-likeness (QED) is 0.412. The average molecular weight is 150 g/mol. The summed E-state index contributed by atoms with van der Waals surface area (Å²) in [5.41, 5.74) is 0. The Morgan fingerprint density at radius 3 is 2.36 bits per heavy atom. The van der Waals surface area contributed by atoms with Crippen LogP contribution in [0.15, 0.2) is 36.5 Å². The van der Waals surface area contributed by atoms with E-state index >= 15 is 0 Å². The summed E-state index contributed by atoms with van der Waals surface area (Å²) in [6, 6.07) is 0. The van der Waals surface area contributed by atoms with E-state index in [0.717, 1.165) is 0 Å². The summed E-state index contributed by atoms with van der Waals surface area (Å²) in [6.45, 7) is 4.23. The molecule has 0 spiro atoms. The van der Waals surface area contributed by atoms with Gasteiger partial charge in [0.05, 0.1) is 0 Å². The first-order valence-electron chi connectivity index (χ1n) is 4.36. The number of allylic oxidation sites excluding steroid dienone is 6. The topological polar surface area (TPSA) is 0 Å². The summed E-state index contributed by atoms with van der Waals surface area (Å²) >= 11 is 0. The summed E-state index contributed by atoms with van der Waals surface area (Å²) in [4.78, 5) is 0. The summed E-state index contributed by atoms with van der Waals surface area (Å²) in [7, 11) is 0. The van der Waals surface area contributed by atoms with Gasteiger partial charge in [0.2, 0.25) is 0 Å². The van der Waals surface area contributed by atoms with Crippen molar-refractivity contribution in [1.82, 2.24) is 0 Å². The van der Waals surface area contributed by atoms with E-state index in [2.05, 4.69) is 25.2 Å². The summed E-state index contributed by atoms with van der Waals surface area (Å²) in [6.07, 6.45) is 16.3. The van der Waals surface area contributed by atoms with Crippen LogP contribution >= 0.6 is 0 Å². The first kappa shape index (κ1) is 10.2. The van der Waals surface area contributed by atoms with Crippen LogP contribution in [0.1, 0.15) is 33.1 Å². The second kappa shape index (κ2) is 9.22. The van der Waals surface area contributed by atoms with Crippen LogP contribution in [0.2, 0.25) is 0 Å². The Bertz CT molecular complexity index is 138. The molecular formula is C11H18. The highest BCUT2D eigenvalue weighted by Crippen LogP contribution is 1.94. The molecule has 0 saturated heterocycles. The van der Waals surface area contributed by atoms with Gasteiger partial charge in [-0.1, -0.05) is 56.2 Å². The zero-order valence-corrected chi connectivity index (χ0v) is 7.59. The van der Waals surface area contributed by atoms with E-state index in [1.165, 1.54) is 19.3 Å². The van der Waals surface area contributed by atoms with Crippen molar-refractivity contribution in [1.29, 1.82) is 0 Å². The molecule has 0 radical (unpaired) electrons. The van der Waals surface area contributed by atoms with E-state index in [1.54, 1.807) is 0 Å². The third-order valence-electron chi connectivity index (χ3n) is 1.39. The molecule has 0 aliphatic heterocycles. The molecular weight excluding hydrogens is 132 g/mol. The van der Waals surface area contributed by atoms with Crippen LogP contribution < -0.4 is 0 Å². The molecule has 0 atom stereocenters. The Balaban J connectivity index is 3.28. The third kappa shape index (κ3) is 9.22. The van der Waals surface area contributed by atoms with Crippen molar-refractivity contribution in [2.45, 2.75) is 33.1 Å². The van der Waals surface area contributed by atoms with Crippen molar-refractivity contribution < 1.29 is 0 Å². The van der Waals surface area contributed by atoms with Gasteiger partial charge in [0.1, 0.15) is 0 Å². The lowest BCUT2D eigenvalue weighted by Gasteiger charge is -1.84. The zero-order chi connectivity index (χ0) is 8.36. The second-order valence-corrected chi connectivity index (χ2v) is 2.48. The van der Waals surface area contributed by atoms with Crippen LogP contribution in [-0.4, -0.2) is 0 Å². The Morgan fingerprint density at radius 2 is 1.73 bits per heavy atom. The minimum Gasteiger partial charge on any atom is -0.0877 e. The van der Waals surface area contributed by atoms with Gasteiger partial charge >= 0.3 is 0 Å². The molecule has 0 aliphatic rings. The Hall–Kier alpha value is -0.780. The first-order chi connectivity index (χ1) is 5.41. The predicted octanol–water partition coefficient (Wildman–Crippen LogP) is 3.87. The standard InChI is InChI=1S/C11H18/c1-3-5-7-9-11-10-8-6-4-2/h3,5,7,9-11H,4,6,8H2,1-2H3/b5-3-,9-7-,11-10+. The molecule has 0 nitrogen and oxygen atoms in total. The van der Waals surface area contributed by atoms with Crippen molar-refractivity contribution in [2.24, 2.45) is 0 Å².